The molecule has 0 fully saturated rings. The van der Waals surface area contributed by atoms with Crippen molar-refractivity contribution in [3.63, 3.8) is 0 Å². The van der Waals surface area contributed by atoms with Crippen molar-refractivity contribution in [2.24, 2.45) is 0 Å². The van der Waals surface area contributed by atoms with E-state index in [9.17, 15) is 9.59 Å². The highest BCUT2D eigenvalue weighted by molar-refractivity contribution is 5.95. The summed E-state index contributed by atoms with van der Waals surface area (Å²) in [7, 11) is 1.30. The Balaban J connectivity index is 2.01. The Bertz CT molecular complexity index is 814. The fourth-order valence-electron chi connectivity index (χ4n) is 2.42. The summed E-state index contributed by atoms with van der Waals surface area (Å²) in [6, 6.07) is 14.7. The maximum absolute atomic E-state index is 12.3. The van der Waals surface area contributed by atoms with Gasteiger partial charge in [0.25, 0.3) is 0 Å². The molecule has 0 aliphatic rings. The van der Waals surface area contributed by atoms with Crippen LogP contribution >= 0.6 is 0 Å². The number of rotatable bonds is 8. The Morgan fingerprint density at radius 3 is 2.21 bits per heavy atom. The number of esters is 1. The lowest BCUT2D eigenvalue weighted by molar-refractivity contribution is 0.0515. The smallest absolute Gasteiger partial charge is 0.407 e. The first kappa shape index (κ1) is 22.1. The van der Waals surface area contributed by atoms with Crippen molar-refractivity contribution >= 4 is 12.1 Å². The van der Waals surface area contributed by atoms with Gasteiger partial charge in [-0.3, -0.25) is 0 Å². The van der Waals surface area contributed by atoms with Crippen LogP contribution in [0.25, 0.3) is 0 Å². The summed E-state index contributed by atoms with van der Waals surface area (Å²) in [6.07, 6.45) is -0.533. The lowest BCUT2D eigenvalue weighted by atomic mass is 10.1. The standard InChI is InChI=1S/C22H27NO6/c1-22(2,3)29-21(25)23-13-14-27-17-11-8-12-18(19(17)20(24)26-4)28-15-16-9-6-5-7-10-16/h5-12H,13-15H2,1-4H3,(H,23,25). The monoisotopic (exact) mass is 401 g/mol. The summed E-state index contributed by atoms with van der Waals surface area (Å²) in [5.74, 6) is 0.107. The van der Waals surface area contributed by atoms with Gasteiger partial charge < -0.3 is 24.3 Å². The summed E-state index contributed by atoms with van der Waals surface area (Å²) < 4.78 is 21.5. The molecule has 2 rings (SSSR count). The van der Waals surface area contributed by atoms with Gasteiger partial charge in [-0.25, -0.2) is 9.59 Å². The van der Waals surface area contributed by atoms with E-state index < -0.39 is 17.7 Å². The number of methoxy groups -OCH3 is 1. The van der Waals surface area contributed by atoms with Crippen LogP contribution in [-0.2, 0) is 16.1 Å². The first-order valence-corrected chi connectivity index (χ1v) is 9.28. The van der Waals surface area contributed by atoms with Crippen LogP contribution in [0.2, 0.25) is 0 Å². The molecule has 2 aromatic rings. The minimum absolute atomic E-state index is 0.144. The highest BCUT2D eigenvalue weighted by Crippen LogP contribution is 2.30. The first-order chi connectivity index (χ1) is 13.8. The number of ether oxygens (including phenoxy) is 4. The maximum Gasteiger partial charge on any atom is 0.407 e. The number of carbonyl (C=O) groups excluding carboxylic acids is 2. The fraction of sp³-hybridized carbons (Fsp3) is 0.364. The number of hydrogen-bond acceptors (Lipinski definition) is 6. The summed E-state index contributed by atoms with van der Waals surface area (Å²) in [5, 5.41) is 2.60. The molecule has 0 saturated carbocycles. The van der Waals surface area contributed by atoms with E-state index in [2.05, 4.69) is 5.32 Å². The van der Waals surface area contributed by atoms with E-state index in [0.717, 1.165) is 5.56 Å². The molecule has 0 aliphatic heterocycles. The Labute approximate surface area is 170 Å². The maximum atomic E-state index is 12.3. The van der Waals surface area contributed by atoms with Crippen LogP contribution in [0.1, 0.15) is 36.7 Å². The molecule has 1 N–H and O–H groups in total. The lowest BCUT2D eigenvalue weighted by Crippen LogP contribution is -2.34. The van der Waals surface area contributed by atoms with Crippen molar-refractivity contribution in [3.8, 4) is 11.5 Å². The van der Waals surface area contributed by atoms with E-state index in [0.29, 0.717) is 18.1 Å². The van der Waals surface area contributed by atoms with E-state index in [1.807, 2.05) is 30.3 Å². The molecule has 0 atom stereocenters. The van der Waals surface area contributed by atoms with E-state index in [-0.39, 0.29) is 18.7 Å². The quantitative estimate of drug-likeness (QED) is 0.533. The third kappa shape index (κ3) is 7.37. The highest BCUT2D eigenvalue weighted by Gasteiger charge is 2.20. The molecule has 0 aromatic heterocycles. The molecule has 156 valence electrons. The topological polar surface area (TPSA) is 83.1 Å². The minimum atomic E-state index is -0.576. The normalized spacial score (nSPS) is 10.8. The SMILES string of the molecule is COC(=O)c1c(OCCNC(=O)OC(C)(C)C)cccc1OCc1ccccc1. The van der Waals surface area contributed by atoms with E-state index in [1.54, 1.807) is 39.0 Å². The molecule has 0 radical (unpaired) electrons. The molecule has 0 saturated heterocycles. The fourth-order valence-corrected chi connectivity index (χ4v) is 2.42. The van der Waals surface area contributed by atoms with Crippen molar-refractivity contribution in [1.82, 2.24) is 5.32 Å². The van der Waals surface area contributed by atoms with Gasteiger partial charge in [-0.05, 0) is 38.5 Å². The second-order valence-electron chi connectivity index (χ2n) is 7.17. The van der Waals surface area contributed by atoms with Crippen LogP contribution in [0, 0.1) is 0 Å². The van der Waals surface area contributed by atoms with Gasteiger partial charge in [0.05, 0.1) is 13.7 Å². The van der Waals surface area contributed by atoms with Gasteiger partial charge in [0, 0.05) is 0 Å². The van der Waals surface area contributed by atoms with Gasteiger partial charge in [0.1, 0.15) is 35.9 Å². The summed E-state index contributed by atoms with van der Waals surface area (Å²) in [5.41, 5.74) is 0.590. The van der Waals surface area contributed by atoms with Gasteiger partial charge >= 0.3 is 12.1 Å². The summed E-state index contributed by atoms with van der Waals surface area (Å²) in [6.45, 7) is 6.01. The van der Waals surface area contributed by atoms with Gasteiger partial charge in [-0.2, -0.15) is 0 Å². The van der Waals surface area contributed by atoms with Gasteiger partial charge in [-0.1, -0.05) is 36.4 Å². The third-order valence-corrected chi connectivity index (χ3v) is 3.64. The average Bonchev–Trinajstić information content (AvgIpc) is 2.68. The van der Waals surface area contributed by atoms with Gasteiger partial charge in [0.2, 0.25) is 0 Å². The van der Waals surface area contributed by atoms with Crippen molar-refractivity contribution < 1.29 is 28.5 Å². The molecule has 0 unspecified atom stereocenters. The number of hydrogen-bond donors (Lipinski definition) is 1. The second-order valence-corrected chi connectivity index (χ2v) is 7.17. The number of amides is 1. The molecule has 0 aliphatic carbocycles. The van der Waals surface area contributed by atoms with E-state index in [1.165, 1.54) is 7.11 Å². The molecule has 7 nitrogen and oxygen atoms in total. The van der Waals surface area contributed by atoms with Crippen LogP contribution in [0.3, 0.4) is 0 Å². The molecule has 0 heterocycles. The minimum Gasteiger partial charge on any atom is -0.491 e. The van der Waals surface area contributed by atoms with Crippen LogP contribution in [0.5, 0.6) is 11.5 Å². The zero-order valence-electron chi connectivity index (χ0n) is 17.2. The Morgan fingerprint density at radius 1 is 0.931 bits per heavy atom. The molecule has 2 aromatic carbocycles. The highest BCUT2D eigenvalue weighted by atomic mass is 16.6. The molecular weight excluding hydrogens is 374 g/mol. The van der Waals surface area contributed by atoms with Crippen LogP contribution < -0.4 is 14.8 Å². The zero-order chi connectivity index (χ0) is 21.3. The van der Waals surface area contributed by atoms with E-state index in [4.69, 9.17) is 18.9 Å². The van der Waals surface area contributed by atoms with Crippen LogP contribution in [0.15, 0.2) is 48.5 Å². The Hall–Kier alpha value is -3.22. The predicted molar refractivity (Wildman–Crippen MR) is 108 cm³/mol. The number of benzene rings is 2. The largest absolute Gasteiger partial charge is 0.491 e. The molecule has 1 amide bonds. The lowest BCUT2D eigenvalue weighted by Gasteiger charge is -2.20. The molecule has 0 bridgehead atoms. The van der Waals surface area contributed by atoms with E-state index >= 15 is 0 Å². The van der Waals surface area contributed by atoms with Crippen LogP contribution in [0.4, 0.5) is 4.79 Å². The average molecular weight is 401 g/mol. The van der Waals surface area contributed by atoms with Crippen molar-refractivity contribution in [1.29, 1.82) is 0 Å². The van der Waals surface area contributed by atoms with Crippen molar-refractivity contribution in [3.05, 3.63) is 59.7 Å². The Kier molecular flexibility index (Phi) is 7.88. The van der Waals surface area contributed by atoms with Crippen LogP contribution in [-0.4, -0.2) is 37.9 Å². The zero-order valence-corrected chi connectivity index (χ0v) is 17.2. The number of alkyl carbamates (subject to hydrolysis) is 1. The van der Waals surface area contributed by atoms with Crippen molar-refractivity contribution in [2.75, 3.05) is 20.3 Å². The van der Waals surface area contributed by atoms with Crippen molar-refractivity contribution in [2.45, 2.75) is 33.0 Å². The molecule has 0 spiro atoms. The summed E-state index contributed by atoms with van der Waals surface area (Å²) in [4.78, 5) is 24.0. The third-order valence-electron chi connectivity index (χ3n) is 3.64. The Morgan fingerprint density at radius 2 is 1.59 bits per heavy atom. The summed E-state index contributed by atoms with van der Waals surface area (Å²) >= 11 is 0. The van der Waals surface area contributed by atoms with Gasteiger partial charge in [-0.15, -0.1) is 0 Å². The predicted octanol–water partition coefficient (Wildman–Crippen LogP) is 3.96. The van der Waals surface area contributed by atoms with Gasteiger partial charge in [0.15, 0.2) is 0 Å². The number of carbonyl (C=O) groups is 2. The second kappa shape index (κ2) is 10.4. The molecular formula is C22H27NO6. The molecule has 7 heteroatoms. The number of nitrogens with one attached hydrogen (secondary N) is 1. The first-order valence-electron chi connectivity index (χ1n) is 9.28. The molecule has 29 heavy (non-hydrogen) atoms.